The van der Waals surface area contributed by atoms with Crippen LogP contribution in [0.25, 0.3) is 0 Å². The van der Waals surface area contributed by atoms with E-state index in [1.54, 1.807) is 0 Å². The lowest BCUT2D eigenvalue weighted by molar-refractivity contribution is -0.117. The smallest absolute Gasteiger partial charge is 0.240 e. The maximum absolute atomic E-state index is 11.6. The minimum absolute atomic E-state index is 0.0283. The lowest BCUT2D eigenvalue weighted by Gasteiger charge is -2.30. The number of rotatable bonds is 0. The number of anilines is 2. The molecule has 0 atom stereocenters. The zero-order valence-electron chi connectivity index (χ0n) is 8.13. The third kappa shape index (κ3) is 1.35. The van der Waals surface area contributed by atoms with Gasteiger partial charge in [-0.25, -0.2) is 0 Å². The van der Waals surface area contributed by atoms with Gasteiger partial charge in [-0.2, -0.15) is 0 Å². The lowest BCUT2D eigenvalue weighted by atomic mass is 10.1. The molecule has 0 unspecified atom stereocenters. The summed E-state index contributed by atoms with van der Waals surface area (Å²) in [5, 5.41) is 2.85. The predicted octanol–water partition coefficient (Wildman–Crippen LogP) is 2.09. The molecule has 0 fully saturated rings. The number of carbonyl (C=O) groups is 1. The topological polar surface area (TPSA) is 55.1 Å². The third-order valence-electron chi connectivity index (χ3n) is 2.20. The van der Waals surface area contributed by atoms with Crippen molar-refractivity contribution in [1.29, 1.82) is 0 Å². The van der Waals surface area contributed by atoms with E-state index in [1.165, 1.54) is 11.8 Å². The first-order valence-corrected chi connectivity index (χ1v) is 5.21. The molecule has 0 bridgehead atoms. The van der Waals surface area contributed by atoms with Gasteiger partial charge in [0.05, 0.1) is 15.3 Å². The molecule has 3 nitrogen and oxygen atoms in total. The molecule has 0 saturated carbocycles. The Balaban J connectivity index is 2.51. The second kappa shape index (κ2) is 2.92. The van der Waals surface area contributed by atoms with Crippen LogP contribution < -0.4 is 11.1 Å². The Morgan fingerprint density at radius 2 is 2.14 bits per heavy atom. The van der Waals surface area contributed by atoms with Crippen LogP contribution in [0.5, 0.6) is 0 Å². The van der Waals surface area contributed by atoms with Crippen molar-refractivity contribution in [3.05, 3.63) is 18.2 Å². The summed E-state index contributed by atoms with van der Waals surface area (Å²) < 4.78 is -0.442. The van der Waals surface area contributed by atoms with E-state index in [-0.39, 0.29) is 5.91 Å². The third-order valence-corrected chi connectivity index (χ3v) is 3.55. The Morgan fingerprint density at radius 1 is 1.43 bits per heavy atom. The maximum atomic E-state index is 11.6. The minimum Gasteiger partial charge on any atom is -0.398 e. The van der Waals surface area contributed by atoms with Crippen LogP contribution in [0.1, 0.15) is 13.8 Å². The number of nitrogens with two attached hydrogens (primary N) is 1. The highest BCUT2D eigenvalue weighted by molar-refractivity contribution is 8.01. The van der Waals surface area contributed by atoms with Crippen molar-refractivity contribution >= 4 is 29.0 Å². The average molecular weight is 208 g/mol. The Hall–Kier alpha value is -1.16. The van der Waals surface area contributed by atoms with Crippen molar-refractivity contribution in [2.24, 2.45) is 0 Å². The highest BCUT2D eigenvalue weighted by Gasteiger charge is 2.35. The van der Waals surface area contributed by atoms with Crippen LogP contribution in [0.15, 0.2) is 23.1 Å². The van der Waals surface area contributed by atoms with Crippen molar-refractivity contribution in [3.8, 4) is 0 Å². The molecule has 4 heteroatoms. The molecule has 0 aromatic heterocycles. The van der Waals surface area contributed by atoms with Gasteiger partial charge in [0.25, 0.3) is 0 Å². The molecule has 0 aliphatic carbocycles. The molecule has 1 heterocycles. The van der Waals surface area contributed by atoms with Gasteiger partial charge in [0.2, 0.25) is 5.91 Å². The lowest BCUT2D eigenvalue weighted by Crippen LogP contribution is -2.37. The number of thioether (sulfide) groups is 1. The number of amides is 1. The van der Waals surface area contributed by atoms with Crippen LogP contribution in [0.4, 0.5) is 11.4 Å². The van der Waals surface area contributed by atoms with Crippen molar-refractivity contribution in [2.75, 3.05) is 11.1 Å². The number of hydrogen-bond donors (Lipinski definition) is 2. The Kier molecular flexibility index (Phi) is 1.96. The summed E-state index contributed by atoms with van der Waals surface area (Å²) in [6.45, 7) is 3.78. The molecule has 1 aromatic carbocycles. The number of nitrogen functional groups attached to an aromatic ring is 1. The first-order valence-electron chi connectivity index (χ1n) is 4.40. The normalized spacial score (nSPS) is 18.6. The molecule has 14 heavy (non-hydrogen) atoms. The second-order valence-electron chi connectivity index (χ2n) is 3.79. The number of benzene rings is 1. The van der Waals surface area contributed by atoms with E-state index in [0.717, 1.165) is 16.3 Å². The van der Waals surface area contributed by atoms with Gasteiger partial charge in [-0.1, -0.05) is 6.07 Å². The number of hydrogen-bond acceptors (Lipinski definition) is 3. The first kappa shape index (κ1) is 9.40. The molecule has 0 radical (unpaired) electrons. The summed E-state index contributed by atoms with van der Waals surface area (Å²) in [5.41, 5.74) is 7.38. The molecule has 2 rings (SSSR count). The fraction of sp³-hybridized carbons (Fsp3) is 0.300. The Morgan fingerprint density at radius 3 is 2.86 bits per heavy atom. The van der Waals surface area contributed by atoms with Crippen molar-refractivity contribution in [2.45, 2.75) is 23.5 Å². The van der Waals surface area contributed by atoms with Gasteiger partial charge >= 0.3 is 0 Å². The molecule has 0 spiro atoms. The van der Waals surface area contributed by atoms with Gasteiger partial charge < -0.3 is 11.1 Å². The Labute approximate surface area is 87.1 Å². The summed E-state index contributed by atoms with van der Waals surface area (Å²) in [6.07, 6.45) is 0. The van der Waals surface area contributed by atoms with Gasteiger partial charge in [0, 0.05) is 5.69 Å². The van der Waals surface area contributed by atoms with Crippen molar-refractivity contribution in [1.82, 2.24) is 0 Å². The van der Waals surface area contributed by atoms with Crippen molar-refractivity contribution in [3.63, 3.8) is 0 Å². The summed E-state index contributed by atoms with van der Waals surface area (Å²) in [5.74, 6) is 0.0283. The van der Waals surface area contributed by atoms with Crippen LogP contribution in [0.2, 0.25) is 0 Å². The zero-order valence-corrected chi connectivity index (χ0v) is 8.94. The fourth-order valence-corrected chi connectivity index (χ4v) is 2.41. The van der Waals surface area contributed by atoms with Gasteiger partial charge in [0.15, 0.2) is 0 Å². The quantitative estimate of drug-likeness (QED) is 0.642. The first-order chi connectivity index (χ1) is 6.50. The SMILES string of the molecule is CC1(C)Sc2c(N)cccc2NC1=O. The molecular weight excluding hydrogens is 196 g/mol. The van der Waals surface area contributed by atoms with Gasteiger partial charge in [0.1, 0.15) is 0 Å². The molecule has 1 amide bonds. The summed E-state index contributed by atoms with van der Waals surface area (Å²) in [7, 11) is 0. The van der Waals surface area contributed by atoms with Gasteiger partial charge in [-0.15, -0.1) is 11.8 Å². The molecule has 1 aliphatic rings. The monoisotopic (exact) mass is 208 g/mol. The maximum Gasteiger partial charge on any atom is 0.240 e. The van der Waals surface area contributed by atoms with E-state index in [1.807, 2.05) is 32.0 Å². The van der Waals surface area contributed by atoms with Crippen LogP contribution in [-0.2, 0) is 4.79 Å². The van der Waals surface area contributed by atoms with Crippen LogP contribution in [0, 0.1) is 0 Å². The van der Waals surface area contributed by atoms with E-state index < -0.39 is 4.75 Å². The molecule has 0 saturated heterocycles. The van der Waals surface area contributed by atoms with Crippen LogP contribution in [-0.4, -0.2) is 10.7 Å². The van der Waals surface area contributed by atoms with Gasteiger partial charge in [-0.05, 0) is 26.0 Å². The molecular formula is C10H12N2OS. The largest absolute Gasteiger partial charge is 0.398 e. The number of nitrogens with one attached hydrogen (secondary N) is 1. The summed E-state index contributed by atoms with van der Waals surface area (Å²) >= 11 is 1.51. The minimum atomic E-state index is -0.442. The van der Waals surface area contributed by atoms with E-state index >= 15 is 0 Å². The van der Waals surface area contributed by atoms with E-state index in [4.69, 9.17) is 5.73 Å². The summed E-state index contributed by atoms with van der Waals surface area (Å²) in [6, 6.07) is 5.55. The molecule has 1 aromatic rings. The highest BCUT2D eigenvalue weighted by Crippen LogP contribution is 2.44. The summed E-state index contributed by atoms with van der Waals surface area (Å²) in [4.78, 5) is 12.6. The van der Waals surface area contributed by atoms with E-state index in [0.29, 0.717) is 0 Å². The van der Waals surface area contributed by atoms with Crippen molar-refractivity contribution < 1.29 is 4.79 Å². The fourth-order valence-electron chi connectivity index (χ4n) is 1.34. The average Bonchev–Trinajstić information content (AvgIpc) is 2.09. The number of fused-ring (bicyclic) bond motifs is 1. The molecule has 74 valence electrons. The predicted molar refractivity (Wildman–Crippen MR) is 59.4 cm³/mol. The van der Waals surface area contributed by atoms with Crippen LogP contribution in [0.3, 0.4) is 0 Å². The number of carbonyl (C=O) groups excluding carboxylic acids is 1. The standard InChI is InChI=1S/C10H12N2OS/c1-10(2)9(13)12-7-5-3-4-6(11)8(7)14-10/h3-5H,11H2,1-2H3,(H,12,13). The van der Waals surface area contributed by atoms with E-state index in [9.17, 15) is 4.79 Å². The van der Waals surface area contributed by atoms with Crippen LogP contribution >= 0.6 is 11.8 Å². The highest BCUT2D eigenvalue weighted by atomic mass is 32.2. The zero-order chi connectivity index (χ0) is 10.3. The Bertz CT molecular complexity index is 401. The van der Waals surface area contributed by atoms with Gasteiger partial charge in [-0.3, -0.25) is 4.79 Å². The van der Waals surface area contributed by atoms with E-state index in [2.05, 4.69) is 5.32 Å². The second-order valence-corrected chi connectivity index (χ2v) is 5.42. The molecule has 3 N–H and O–H groups in total. The molecule has 1 aliphatic heterocycles.